The van der Waals surface area contributed by atoms with Gasteiger partial charge in [0, 0.05) is 24.4 Å². The summed E-state index contributed by atoms with van der Waals surface area (Å²) in [4.78, 5) is 41.9. The number of aryl methyl sites for hydroxylation is 3. The van der Waals surface area contributed by atoms with Gasteiger partial charge in [0.25, 0.3) is 5.56 Å². The molecule has 1 aromatic heterocycles. The summed E-state index contributed by atoms with van der Waals surface area (Å²) in [5.74, 6) is -3.10. The molecule has 1 aliphatic carbocycles. The highest BCUT2D eigenvalue weighted by Crippen LogP contribution is 2.46. The van der Waals surface area contributed by atoms with Crippen LogP contribution in [0.5, 0.6) is 0 Å². The van der Waals surface area contributed by atoms with Crippen molar-refractivity contribution in [1.82, 2.24) is 14.8 Å². The predicted molar refractivity (Wildman–Crippen MR) is 195 cm³/mol. The van der Waals surface area contributed by atoms with Crippen molar-refractivity contribution in [2.24, 2.45) is 11.8 Å². The first-order chi connectivity index (χ1) is 23.5. The number of carbonyl (C=O) groups is 2. The van der Waals surface area contributed by atoms with Crippen molar-refractivity contribution in [2.45, 2.75) is 97.8 Å². The lowest BCUT2D eigenvalue weighted by molar-refractivity contribution is -0.139. The Labute approximate surface area is 303 Å². The van der Waals surface area contributed by atoms with Crippen LogP contribution in [0.3, 0.4) is 0 Å². The average Bonchev–Trinajstić information content (AvgIpc) is 3.83. The number of nitrogens with zero attached hydrogens (tertiary/aromatic N) is 2. The van der Waals surface area contributed by atoms with E-state index in [-0.39, 0.29) is 42.5 Å². The average molecular weight is 732 g/mol. The highest BCUT2D eigenvalue weighted by atomic mass is 32.1. The van der Waals surface area contributed by atoms with Gasteiger partial charge in [0.2, 0.25) is 5.91 Å². The van der Waals surface area contributed by atoms with Crippen LogP contribution < -0.4 is 10.9 Å². The van der Waals surface area contributed by atoms with E-state index < -0.39 is 59.4 Å². The zero-order valence-corrected chi connectivity index (χ0v) is 31.1. The Morgan fingerprint density at radius 1 is 1.00 bits per heavy atom. The molecule has 0 radical (unpaired) electrons. The van der Waals surface area contributed by atoms with Gasteiger partial charge in [-0.2, -0.15) is 26.7 Å². The van der Waals surface area contributed by atoms with Crippen molar-refractivity contribution < 1.29 is 32.3 Å². The Hall–Kier alpha value is -3.64. The Bertz CT molecular complexity index is 1830. The van der Waals surface area contributed by atoms with Gasteiger partial charge in [0.15, 0.2) is 0 Å². The summed E-state index contributed by atoms with van der Waals surface area (Å²) in [6, 6.07) is 5.43. The number of likely N-dealkylation sites (tertiary alicyclic amines) is 1. The van der Waals surface area contributed by atoms with E-state index in [9.17, 15) is 32.7 Å². The number of benzene rings is 2. The Balaban J connectivity index is 0.00000583. The second-order valence-corrected chi connectivity index (χ2v) is 14.6. The van der Waals surface area contributed by atoms with E-state index in [0.717, 1.165) is 65.4 Å². The van der Waals surface area contributed by atoms with Crippen LogP contribution in [0.4, 0.5) is 17.6 Å². The van der Waals surface area contributed by atoms with E-state index in [1.165, 1.54) is 0 Å². The molecule has 1 saturated carbocycles. The van der Waals surface area contributed by atoms with E-state index in [0.29, 0.717) is 24.1 Å². The molecule has 0 bridgehead atoms. The van der Waals surface area contributed by atoms with Gasteiger partial charge in [-0.05, 0) is 123 Å². The van der Waals surface area contributed by atoms with Crippen LogP contribution in [0.2, 0.25) is 0 Å². The van der Waals surface area contributed by atoms with E-state index in [1.807, 2.05) is 38.7 Å². The van der Waals surface area contributed by atoms with E-state index in [4.69, 9.17) is 0 Å². The first-order valence-corrected chi connectivity index (χ1v) is 17.4. The van der Waals surface area contributed by atoms with Crippen molar-refractivity contribution in [2.75, 3.05) is 19.6 Å². The lowest BCUT2D eigenvalue weighted by atomic mass is 9.87. The number of aliphatic carboxylic acids is 1. The summed E-state index contributed by atoms with van der Waals surface area (Å²) < 4.78 is 59.4. The largest absolute Gasteiger partial charge is 0.481 e. The van der Waals surface area contributed by atoms with Gasteiger partial charge in [-0.25, -0.2) is 4.39 Å². The number of hydrogen-bond acceptors (Lipinski definition) is 4. The van der Waals surface area contributed by atoms with Gasteiger partial charge < -0.3 is 19.9 Å². The second kappa shape index (κ2) is 15.9. The Kier molecular flexibility index (Phi) is 12.5. The number of amides is 1. The number of carboxylic acid groups (broad SMARTS) is 1. The summed E-state index contributed by atoms with van der Waals surface area (Å²) >= 11 is 0. The van der Waals surface area contributed by atoms with Crippen LogP contribution in [0.15, 0.2) is 41.3 Å². The number of carbonyl (C=O) groups excluding carboxylic acids is 1. The molecule has 1 amide bonds. The fourth-order valence-corrected chi connectivity index (χ4v) is 7.12. The first-order valence-electron chi connectivity index (χ1n) is 17.4. The van der Waals surface area contributed by atoms with Crippen molar-refractivity contribution in [1.29, 1.82) is 0 Å². The lowest BCUT2D eigenvalue weighted by Crippen LogP contribution is -2.44. The lowest BCUT2D eigenvalue weighted by Gasteiger charge is -2.32. The molecule has 3 atom stereocenters. The molecule has 1 saturated heterocycles. The molecule has 2 unspecified atom stereocenters. The van der Waals surface area contributed by atoms with Crippen LogP contribution >= 0.6 is 13.5 Å². The number of hydrogen-bond donors (Lipinski definition) is 2. The summed E-state index contributed by atoms with van der Waals surface area (Å²) in [6.07, 6.45) is -1.22. The minimum absolute atomic E-state index is 0. The molecular formula is C39H49F4N3O4S. The van der Waals surface area contributed by atoms with Crippen LogP contribution in [0, 0.1) is 38.4 Å². The second-order valence-electron chi connectivity index (χ2n) is 14.6. The topological polar surface area (TPSA) is 91.6 Å². The first kappa shape index (κ1) is 40.1. The quantitative estimate of drug-likeness (QED) is 0.174. The van der Waals surface area contributed by atoms with Crippen molar-refractivity contribution in [3.05, 3.63) is 91.6 Å². The monoisotopic (exact) mass is 731 g/mol. The van der Waals surface area contributed by atoms with Gasteiger partial charge in [0.05, 0.1) is 18.0 Å². The molecule has 1 aliphatic heterocycles. The number of aromatic nitrogens is 1. The molecule has 7 nitrogen and oxygen atoms in total. The number of carboxylic acids is 1. The molecule has 2 aromatic carbocycles. The molecule has 0 spiro atoms. The van der Waals surface area contributed by atoms with Gasteiger partial charge >= 0.3 is 12.1 Å². The van der Waals surface area contributed by atoms with Gasteiger partial charge in [-0.15, -0.1) is 0 Å². The third-order valence-electron chi connectivity index (χ3n) is 10.4. The predicted octanol–water partition coefficient (Wildman–Crippen LogP) is 8.00. The number of pyridine rings is 1. The maximum Gasteiger partial charge on any atom is 0.416 e. The summed E-state index contributed by atoms with van der Waals surface area (Å²) in [7, 11) is 0. The molecule has 2 fully saturated rings. The number of halogens is 4. The normalized spacial score (nSPS) is 16.6. The minimum Gasteiger partial charge on any atom is -0.481 e. The third kappa shape index (κ3) is 9.06. The fraction of sp³-hybridized carbons (Fsp3) is 0.513. The minimum atomic E-state index is -4.77. The highest BCUT2D eigenvalue weighted by Gasteiger charge is 2.38. The molecule has 2 heterocycles. The fourth-order valence-electron chi connectivity index (χ4n) is 7.12. The number of rotatable bonds is 13. The highest BCUT2D eigenvalue weighted by molar-refractivity contribution is 7.59. The SMILES string of the molecule is Cc1cc(C)c(-c2cc(C)c(F)c([C@H](CC(=O)O)NC(=O)C(C(C)C(C)C)n3cc(CCN4CCC4)c(C(F)(F)F)cc3=O)c2)c(C2CC2)c1.S. The van der Waals surface area contributed by atoms with Crippen LogP contribution in [-0.2, 0) is 22.2 Å². The summed E-state index contributed by atoms with van der Waals surface area (Å²) in [5.41, 5.74) is 3.05. The van der Waals surface area contributed by atoms with E-state index in [1.54, 1.807) is 26.0 Å². The van der Waals surface area contributed by atoms with Crippen LogP contribution in [0.1, 0.15) is 103 Å². The molecule has 3 aromatic rings. The molecule has 51 heavy (non-hydrogen) atoms. The molecule has 278 valence electrons. The van der Waals surface area contributed by atoms with Crippen LogP contribution in [-0.4, -0.2) is 46.1 Å². The standard InChI is InChI=1S/C39H47F4N3O4.H2S/c1-21(2)25(6)37(46-20-27(10-13-45-11-7-12-45)31(18-33(46)47)39(41,42)43)38(50)44-32(19-34(48)49)30-17-28(16-24(5)36(30)40)35-23(4)14-22(3)15-29(35)26-8-9-26;/h14-18,20-21,25-26,32,37H,7-13,19H2,1-6H3,(H,44,50)(H,48,49);1H2/t25?,32-,37?;/m0./s1. The Morgan fingerprint density at radius 3 is 2.22 bits per heavy atom. The molecule has 2 N–H and O–H groups in total. The molecule has 5 rings (SSSR count). The van der Waals surface area contributed by atoms with E-state index >= 15 is 4.39 Å². The van der Waals surface area contributed by atoms with Gasteiger partial charge in [-0.1, -0.05) is 38.5 Å². The Morgan fingerprint density at radius 2 is 1.67 bits per heavy atom. The third-order valence-corrected chi connectivity index (χ3v) is 10.4. The maximum atomic E-state index is 16.0. The zero-order chi connectivity index (χ0) is 36.7. The van der Waals surface area contributed by atoms with Crippen molar-refractivity contribution in [3.63, 3.8) is 0 Å². The zero-order valence-electron chi connectivity index (χ0n) is 30.1. The van der Waals surface area contributed by atoms with Crippen molar-refractivity contribution >= 4 is 25.4 Å². The maximum absolute atomic E-state index is 16.0. The molecule has 12 heteroatoms. The summed E-state index contributed by atoms with van der Waals surface area (Å²) in [5, 5.41) is 12.7. The van der Waals surface area contributed by atoms with Crippen molar-refractivity contribution in [3.8, 4) is 11.1 Å². The van der Waals surface area contributed by atoms with Crippen LogP contribution in [0.25, 0.3) is 11.1 Å². The van der Waals surface area contributed by atoms with Gasteiger partial charge in [-0.3, -0.25) is 14.4 Å². The summed E-state index contributed by atoms with van der Waals surface area (Å²) in [6.45, 7) is 12.9. The smallest absolute Gasteiger partial charge is 0.416 e. The van der Waals surface area contributed by atoms with E-state index in [2.05, 4.69) is 11.4 Å². The number of alkyl halides is 3. The molecular weight excluding hydrogens is 683 g/mol. The molecule has 2 aliphatic rings. The van der Waals surface area contributed by atoms with Gasteiger partial charge in [0.1, 0.15) is 11.9 Å². The number of nitrogens with one attached hydrogen (secondary N) is 1.